The number of amides is 1. The van der Waals surface area contributed by atoms with Crippen LogP contribution in [0.3, 0.4) is 0 Å². The first-order valence-corrected chi connectivity index (χ1v) is 10.4. The molecule has 0 bridgehead atoms. The summed E-state index contributed by atoms with van der Waals surface area (Å²) >= 11 is 1.33. The Morgan fingerprint density at radius 2 is 1.90 bits per heavy atom. The second-order valence-electron chi connectivity index (χ2n) is 7.23. The van der Waals surface area contributed by atoms with Crippen LogP contribution < -0.4 is 5.32 Å². The van der Waals surface area contributed by atoms with Crippen LogP contribution in [0.2, 0.25) is 0 Å². The molecule has 4 aromatic rings. The Labute approximate surface area is 183 Å². The summed E-state index contributed by atoms with van der Waals surface area (Å²) in [5, 5.41) is 12.3. The molecule has 0 aliphatic carbocycles. The van der Waals surface area contributed by atoms with Crippen LogP contribution in [0.5, 0.6) is 0 Å². The lowest BCUT2D eigenvalue weighted by atomic mass is 10.1. The minimum atomic E-state index is -0.458. The van der Waals surface area contributed by atoms with Crippen LogP contribution in [0, 0.1) is 26.6 Å². The third-order valence-electron chi connectivity index (χ3n) is 4.73. The first-order chi connectivity index (χ1) is 14.8. The zero-order chi connectivity index (χ0) is 22.1. The molecule has 1 N–H and O–H groups in total. The van der Waals surface area contributed by atoms with E-state index in [-0.39, 0.29) is 5.69 Å². The van der Waals surface area contributed by atoms with Crippen molar-refractivity contribution in [1.82, 2.24) is 24.5 Å². The molecule has 0 atom stereocenters. The predicted octanol–water partition coefficient (Wildman–Crippen LogP) is 4.47. The molecule has 2 aromatic carbocycles. The lowest BCUT2D eigenvalue weighted by molar-refractivity contribution is 0.102. The number of halogens is 1. The van der Waals surface area contributed by atoms with Gasteiger partial charge in [0.05, 0.1) is 17.1 Å². The Morgan fingerprint density at radius 3 is 2.61 bits per heavy atom. The van der Waals surface area contributed by atoms with Gasteiger partial charge in [-0.05, 0) is 62.4 Å². The van der Waals surface area contributed by atoms with E-state index in [2.05, 4.69) is 20.5 Å². The molecule has 2 heterocycles. The topological polar surface area (TPSA) is 77.6 Å². The fourth-order valence-electron chi connectivity index (χ4n) is 3.15. The number of rotatable bonds is 5. The summed E-state index contributed by atoms with van der Waals surface area (Å²) in [6.07, 6.45) is 3.50. The first kappa shape index (κ1) is 20.8. The molecule has 158 valence electrons. The Morgan fingerprint density at radius 1 is 1.10 bits per heavy atom. The number of aryl methyl sites for hydroxylation is 4. The van der Waals surface area contributed by atoms with E-state index < -0.39 is 11.7 Å². The predicted molar refractivity (Wildman–Crippen MR) is 117 cm³/mol. The van der Waals surface area contributed by atoms with Crippen LogP contribution in [-0.2, 0) is 7.05 Å². The number of imidazole rings is 1. The van der Waals surface area contributed by atoms with Crippen molar-refractivity contribution in [3.8, 4) is 5.69 Å². The molecule has 4 rings (SSSR count). The van der Waals surface area contributed by atoms with Crippen molar-refractivity contribution >= 4 is 23.4 Å². The number of carbonyl (C=O) groups excluding carboxylic acids is 1. The normalized spacial score (nSPS) is 11.0. The molecule has 0 saturated heterocycles. The molecule has 2 aromatic heterocycles. The highest BCUT2D eigenvalue weighted by atomic mass is 32.2. The number of nitrogens with one attached hydrogen (secondary N) is 1. The average molecular weight is 437 g/mol. The standard InChI is InChI=1S/C22H21FN6OS/c1-13-5-7-18(14(2)11-13)29-26-15(3)20(27-29)21(30)25-17-12-16(23)6-8-19(17)31-22-24-9-10-28(22)4/h5-12H,1-4H3,(H,25,30). The number of aromatic nitrogens is 5. The van der Waals surface area contributed by atoms with Gasteiger partial charge in [0.1, 0.15) is 5.82 Å². The van der Waals surface area contributed by atoms with E-state index in [1.807, 2.05) is 49.9 Å². The van der Waals surface area contributed by atoms with Crippen LogP contribution in [0.25, 0.3) is 5.69 Å². The summed E-state index contributed by atoms with van der Waals surface area (Å²) in [5.41, 5.74) is 3.93. The lowest BCUT2D eigenvalue weighted by Gasteiger charge is -2.10. The van der Waals surface area contributed by atoms with Gasteiger partial charge in [0.15, 0.2) is 10.9 Å². The summed E-state index contributed by atoms with van der Waals surface area (Å²) in [5.74, 6) is -0.907. The van der Waals surface area contributed by atoms with E-state index in [1.54, 1.807) is 19.2 Å². The highest BCUT2D eigenvalue weighted by molar-refractivity contribution is 7.99. The zero-order valence-corrected chi connectivity index (χ0v) is 18.4. The first-order valence-electron chi connectivity index (χ1n) is 9.59. The van der Waals surface area contributed by atoms with Gasteiger partial charge in [-0.3, -0.25) is 4.79 Å². The van der Waals surface area contributed by atoms with Crippen molar-refractivity contribution in [1.29, 1.82) is 0 Å². The van der Waals surface area contributed by atoms with E-state index >= 15 is 0 Å². The molecular weight excluding hydrogens is 415 g/mol. The molecule has 1 amide bonds. The average Bonchev–Trinajstić information content (AvgIpc) is 3.29. The van der Waals surface area contributed by atoms with E-state index in [1.165, 1.54) is 28.7 Å². The van der Waals surface area contributed by atoms with Gasteiger partial charge >= 0.3 is 0 Å². The molecule has 7 nitrogen and oxygen atoms in total. The zero-order valence-electron chi connectivity index (χ0n) is 17.5. The van der Waals surface area contributed by atoms with Gasteiger partial charge in [-0.2, -0.15) is 9.90 Å². The maximum atomic E-state index is 13.9. The quantitative estimate of drug-likeness (QED) is 0.500. The van der Waals surface area contributed by atoms with Crippen molar-refractivity contribution in [2.24, 2.45) is 7.05 Å². The van der Waals surface area contributed by atoms with Gasteiger partial charge in [-0.15, -0.1) is 5.10 Å². The SMILES string of the molecule is Cc1ccc(-n2nc(C)c(C(=O)Nc3cc(F)ccc3Sc3nccn3C)n2)c(C)c1. The molecule has 0 saturated carbocycles. The summed E-state index contributed by atoms with van der Waals surface area (Å²) in [7, 11) is 1.87. The minimum absolute atomic E-state index is 0.178. The van der Waals surface area contributed by atoms with Gasteiger partial charge in [-0.1, -0.05) is 17.7 Å². The monoisotopic (exact) mass is 436 g/mol. The Hall–Kier alpha value is -3.46. The van der Waals surface area contributed by atoms with Crippen LogP contribution >= 0.6 is 11.8 Å². The van der Waals surface area contributed by atoms with Gasteiger partial charge in [-0.25, -0.2) is 9.37 Å². The largest absolute Gasteiger partial charge is 0.329 e. The molecule has 0 radical (unpaired) electrons. The molecule has 9 heteroatoms. The van der Waals surface area contributed by atoms with Gasteiger partial charge < -0.3 is 9.88 Å². The second-order valence-corrected chi connectivity index (χ2v) is 8.24. The molecular formula is C22H21FN6OS. The van der Waals surface area contributed by atoms with E-state index in [0.717, 1.165) is 22.0 Å². The molecule has 0 unspecified atom stereocenters. The fraction of sp³-hybridized carbons (Fsp3) is 0.182. The molecule has 0 spiro atoms. The number of anilines is 1. The number of carbonyl (C=O) groups is 1. The maximum absolute atomic E-state index is 13.9. The Kier molecular flexibility index (Phi) is 5.60. The third kappa shape index (κ3) is 4.36. The van der Waals surface area contributed by atoms with Crippen molar-refractivity contribution in [2.75, 3.05) is 5.32 Å². The lowest BCUT2D eigenvalue weighted by Crippen LogP contribution is -2.15. The van der Waals surface area contributed by atoms with Crippen LogP contribution in [0.1, 0.15) is 27.3 Å². The molecule has 31 heavy (non-hydrogen) atoms. The van der Waals surface area contributed by atoms with Crippen LogP contribution in [-0.4, -0.2) is 30.5 Å². The number of benzene rings is 2. The highest BCUT2D eigenvalue weighted by Gasteiger charge is 2.19. The number of nitrogens with zero attached hydrogens (tertiary/aromatic N) is 5. The number of hydrogen-bond donors (Lipinski definition) is 1. The summed E-state index contributed by atoms with van der Waals surface area (Å²) < 4.78 is 15.8. The van der Waals surface area contributed by atoms with E-state index in [0.29, 0.717) is 16.3 Å². The second kappa shape index (κ2) is 8.35. The smallest absolute Gasteiger partial charge is 0.278 e. The van der Waals surface area contributed by atoms with Gasteiger partial charge in [0.2, 0.25) is 0 Å². The van der Waals surface area contributed by atoms with E-state index in [9.17, 15) is 9.18 Å². The summed E-state index contributed by atoms with van der Waals surface area (Å²) in [6.45, 7) is 5.70. The third-order valence-corrected chi connectivity index (χ3v) is 5.88. The summed E-state index contributed by atoms with van der Waals surface area (Å²) in [4.78, 5) is 19.4. The van der Waals surface area contributed by atoms with Crippen LogP contribution in [0.15, 0.2) is 58.8 Å². The van der Waals surface area contributed by atoms with Gasteiger partial charge in [0.25, 0.3) is 5.91 Å². The molecule has 0 aliphatic heterocycles. The molecule has 0 fully saturated rings. The van der Waals surface area contributed by atoms with Crippen molar-refractivity contribution in [3.63, 3.8) is 0 Å². The van der Waals surface area contributed by atoms with Crippen molar-refractivity contribution in [2.45, 2.75) is 30.8 Å². The fourth-order valence-corrected chi connectivity index (χ4v) is 4.02. The molecule has 0 aliphatic rings. The maximum Gasteiger partial charge on any atom is 0.278 e. The number of hydrogen-bond acceptors (Lipinski definition) is 5. The van der Waals surface area contributed by atoms with Gasteiger partial charge in [0, 0.05) is 24.3 Å². The van der Waals surface area contributed by atoms with Crippen LogP contribution in [0.4, 0.5) is 10.1 Å². The van der Waals surface area contributed by atoms with Crippen molar-refractivity contribution < 1.29 is 9.18 Å². The highest BCUT2D eigenvalue weighted by Crippen LogP contribution is 2.33. The van der Waals surface area contributed by atoms with E-state index in [4.69, 9.17) is 0 Å². The Balaban J connectivity index is 1.62. The van der Waals surface area contributed by atoms with Crippen molar-refractivity contribution in [3.05, 3.63) is 77.1 Å². The Bertz CT molecular complexity index is 1280. The summed E-state index contributed by atoms with van der Waals surface area (Å²) in [6, 6.07) is 10.2. The minimum Gasteiger partial charge on any atom is -0.329 e.